The molecule has 1 fully saturated rings. The van der Waals surface area contributed by atoms with Gasteiger partial charge in [0.05, 0.1) is 16.1 Å². The fraction of sp³-hybridized carbons (Fsp3) is 0.462. The summed E-state index contributed by atoms with van der Waals surface area (Å²) < 4.78 is 2.12. The van der Waals surface area contributed by atoms with Crippen LogP contribution in [0.1, 0.15) is 32.2 Å². The van der Waals surface area contributed by atoms with E-state index in [1.54, 1.807) is 0 Å². The second kappa shape index (κ2) is 3.91. The van der Waals surface area contributed by atoms with E-state index in [1.165, 1.54) is 19.3 Å². The molecule has 0 radical (unpaired) electrons. The van der Waals surface area contributed by atoms with Gasteiger partial charge in [-0.3, -0.25) is 0 Å². The molecule has 1 aliphatic rings. The minimum atomic E-state index is 0.500. The van der Waals surface area contributed by atoms with Crippen molar-refractivity contribution in [1.82, 2.24) is 9.55 Å². The maximum absolute atomic E-state index is 6.26. The van der Waals surface area contributed by atoms with E-state index in [2.05, 4.69) is 16.5 Å². The van der Waals surface area contributed by atoms with Crippen molar-refractivity contribution in [2.24, 2.45) is 5.92 Å². The average molecular weight is 250 g/mol. The van der Waals surface area contributed by atoms with Crippen LogP contribution in [0.25, 0.3) is 11.0 Å². The number of halogens is 1. The highest BCUT2D eigenvalue weighted by molar-refractivity contribution is 6.35. The first-order chi connectivity index (χ1) is 8.22. The van der Waals surface area contributed by atoms with Crippen LogP contribution in [0.15, 0.2) is 18.2 Å². The fourth-order valence-corrected chi connectivity index (χ4v) is 2.95. The van der Waals surface area contributed by atoms with Gasteiger partial charge in [0.25, 0.3) is 0 Å². The Balaban J connectivity index is 2.07. The van der Waals surface area contributed by atoms with Gasteiger partial charge >= 0.3 is 0 Å². The summed E-state index contributed by atoms with van der Waals surface area (Å²) in [5.74, 6) is 1.34. The monoisotopic (exact) mass is 249 g/mol. The van der Waals surface area contributed by atoms with Crippen LogP contribution in [-0.4, -0.2) is 9.55 Å². The first-order valence-corrected chi connectivity index (χ1v) is 6.52. The van der Waals surface area contributed by atoms with Crippen LogP contribution in [0.3, 0.4) is 0 Å². The third-order valence-electron chi connectivity index (χ3n) is 3.56. The summed E-state index contributed by atoms with van der Waals surface area (Å²) >= 11 is 6.26. The van der Waals surface area contributed by atoms with Gasteiger partial charge in [-0.2, -0.15) is 0 Å². The highest BCUT2D eigenvalue weighted by Gasteiger charge is 2.39. The highest BCUT2D eigenvalue weighted by atomic mass is 35.5. The molecule has 1 heterocycles. The predicted molar refractivity (Wildman–Crippen MR) is 71.2 cm³/mol. The molecule has 2 aromatic rings. The van der Waals surface area contributed by atoms with Crippen molar-refractivity contribution in [1.29, 1.82) is 0 Å². The van der Waals surface area contributed by atoms with Gasteiger partial charge in [-0.25, -0.2) is 4.98 Å². The second-order valence-electron chi connectivity index (χ2n) is 4.80. The summed E-state index contributed by atoms with van der Waals surface area (Å²) in [7, 11) is 0. The standard InChI is InChI=1S/C13H16ClN3/c1-2-4-8-7-11(8)17-12-9(14)5-3-6-10(12)16-13(17)15/h3,5-6,8,11H,2,4,7H2,1H3,(H2,15,16). The van der Waals surface area contributed by atoms with Gasteiger partial charge in [0, 0.05) is 6.04 Å². The molecule has 90 valence electrons. The molecule has 0 amide bonds. The van der Waals surface area contributed by atoms with Crippen LogP contribution < -0.4 is 5.73 Å². The minimum Gasteiger partial charge on any atom is -0.369 e. The molecule has 3 rings (SSSR count). The molecular formula is C13H16ClN3. The molecule has 17 heavy (non-hydrogen) atoms. The summed E-state index contributed by atoms with van der Waals surface area (Å²) in [6.45, 7) is 2.22. The molecule has 4 heteroatoms. The molecule has 2 N–H and O–H groups in total. The highest BCUT2D eigenvalue weighted by Crippen LogP contribution is 2.49. The van der Waals surface area contributed by atoms with Crippen LogP contribution in [0.4, 0.5) is 5.95 Å². The Morgan fingerprint density at radius 2 is 2.35 bits per heavy atom. The number of nitrogens with two attached hydrogens (primary N) is 1. The van der Waals surface area contributed by atoms with Gasteiger partial charge < -0.3 is 10.3 Å². The maximum atomic E-state index is 6.26. The van der Waals surface area contributed by atoms with Gasteiger partial charge in [-0.1, -0.05) is 31.0 Å². The maximum Gasteiger partial charge on any atom is 0.201 e. The Bertz CT molecular complexity index is 561. The summed E-state index contributed by atoms with van der Waals surface area (Å²) in [5.41, 5.74) is 7.91. The first-order valence-electron chi connectivity index (χ1n) is 6.14. The SMILES string of the molecule is CCCC1CC1n1c(N)nc2cccc(Cl)c21. The molecule has 2 unspecified atom stereocenters. The van der Waals surface area contributed by atoms with E-state index >= 15 is 0 Å². The molecule has 1 aliphatic carbocycles. The van der Waals surface area contributed by atoms with Gasteiger partial charge in [-0.05, 0) is 30.9 Å². The third-order valence-corrected chi connectivity index (χ3v) is 3.87. The van der Waals surface area contributed by atoms with E-state index in [4.69, 9.17) is 17.3 Å². The number of anilines is 1. The van der Waals surface area contributed by atoms with Gasteiger partial charge in [-0.15, -0.1) is 0 Å². The van der Waals surface area contributed by atoms with Crippen LogP contribution >= 0.6 is 11.6 Å². The lowest BCUT2D eigenvalue weighted by Gasteiger charge is -2.06. The number of rotatable bonds is 3. The average Bonchev–Trinajstić information content (AvgIpc) is 2.94. The predicted octanol–water partition coefficient (Wildman–Crippen LogP) is 3.63. The quantitative estimate of drug-likeness (QED) is 0.903. The largest absolute Gasteiger partial charge is 0.369 e. The lowest BCUT2D eigenvalue weighted by Crippen LogP contribution is -2.02. The number of para-hydroxylation sites is 1. The molecule has 0 bridgehead atoms. The smallest absolute Gasteiger partial charge is 0.201 e. The van der Waals surface area contributed by atoms with E-state index in [9.17, 15) is 0 Å². The van der Waals surface area contributed by atoms with Crippen LogP contribution in [-0.2, 0) is 0 Å². The van der Waals surface area contributed by atoms with Gasteiger partial charge in [0.1, 0.15) is 0 Å². The summed E-state index contributed by atoms with van der Waals surface area (Å²) in [5, 5.41) is 0.744. The third kappa shape index (κ3) is 1.69. The zero-order valence-electron chi connectivity index (χ0n) is 9.86. The summed E-state index contributed by atoms with van der Waals surface area (Å²) in [4.78, 5) is 4.39. The summed E-state index contributed by atoms with van der Waals surface area (Å²) in [6.07, 6.45) is 3.68. The van der Waals surface area contributed by atoms with Crippen LogP contribution in [0.5, 0.6) is 0 Å². The van der Waals surface area contributed by atoms with Crippen molar-refractivity contribution >= 4 is 28.6 Å². The van der Waals surface area contributed by atoms with Crippen molar-refractivity contribution in [3.63, 3.8) is 0 Å². The van der Waals surface area contributed by atoms with Crippen molar-refractivity contribution in [3.05, 3.63) is 23.2 Å². The van der Waals surface area contributed by atoms with E-state index in [-0.39, 0.29) is 0 Å². The van der Waals surface area contributed by atoms with Crippen LogP contribution in [0.2, 0.25) is 5.02 Å². The van der Waals surface area contributed by atoms with Crippen molar-refractivity contribution in [3.8, 4) is 0 Å². The Morgan fingerprint density at radius 3 is 3.12 bits per heavy atom. The van der Waals surface area contributed by atoms with E-state index in [0.29, 0.717) is 12.0 Å². The first kappa shape index (κ1) is 10.9. The number of hydrogen-bond acceptors (Lipinski definition) is 2. The molecule has 0 spiro atoms. The van der Waals surface area contributed by atoms with Crippen molar-refractivity contribution in [2.45, 2.75) is 32.2 Å². The Hall–Kier alpha value is -1.22. The van der Waals surface area contributed by atoms with Gasteiger partial charge in [0.2, 0.25) is 5.95 Å². The molecule has 1 aromatic heterocycles. The number of hydrogen-bond donors (Lipinski definition) is 1. The molecular weight excluding hydrogens is 234 g/mol. The number of aromatic nitrogens is 2. The lowest BCUT2D eigenvalue weighted by atomic mass is 10.2. The van der Waals surface area contributed by atoms with E-state index in [1.807, 2.05) is 18.2 Å². The zero-order valence-corrected chi connectivity index (χ0v) is 10.6. The van der Waals surface area contributed by atoms with Crippen LogP contribution in [0, 0.1) is 5.92 Å². The minimum absolute atomic E-state index is 0.500. The number of benzene rings is 1. The Labute approximate surface area is 106 Å². The molecule has 1 saturated carbocycles. The molecule has 2 atom stereocenters. The molecule has 0 aliphatic heterocycles. The Kier molecular flexibility index (Phi) is 2.51. The number of nitrogen functional groups attached to an aromatic ring is 1. The molecule has 0 saturated heterocycles. The van der Waals surface area contributed by atoms with Crippen molar-refractivity contribution < 1.29 is 0 Å². The molecule has 3 nitrogen and oxygen atoms in total. The zero-order chi connectivity index (χ0) is 12.0. The molecule has 1 aromatic carbocycles. The second-order valence-corrected chi connectivity index (χ2v) is 5.21. The number of fused-ring (bicyclic) bond motifs is 1. The fourth-order valence-electron chi connectivity index (χ4n) is 2.69. The number of imidazole rings is 1. The van der Waals surface area contributed by atoms with Crippen molar-refractivity contribution in [2.75, 3.05) is 5.73 Å². The topological polar surface area (TPSA) is 43.8 Å². The van der Waals surface area contributed by atoms with E-state index in [0.717, 1.165) is 22.0 Å². The number of nitrogens with zero attached hydrogens (tertiary/aromatic N) is 2. The summed E-state index contributed by atoms with van der Waals surface area (Å²) in [6, 6.07) is 6.28. The van der Waals surface area contributed by atoms with E-state index < -0.39 is 0 Å². The Morgan fingerprint density at radius 1 is 1.53 bits per heavy atom. The lowest BCUT2D eigenvalue weighted by molar-refractivity contribution is 0.622. The normalized spacial score (nSPS) is 23.2. The van der Waals surface area contributed by atoms with Gasteiger partial charge in [0.15, 0.2) is 0 Å².